The van der Waals surface area contributed by atoms with Crippen LogP contribution in [0.5, 0.6) is 0 Å². The number of anilines is 1. The lowest BCUT2D eigenvalue weighted by atomic mass is 9.94. The number of amides is 1. The van der Waals surface area contributed by atoms with Gasteiger partial charge in [0.25, 0.3) is 0 Å². The third-order valence-electron chi connectivity index (χ3n) is 3.30. The highest BCUT2D eigenvalue weighted by atomic mass is 16.2. The van der Waals surface area contributed by atoms with E-state index < -0.39 is 0 Å². The molecular formula is C14H19N5O. The SMILES string of the molecule is CC(C)(C)C(=O)N1CCN(c2ccc(C#N)nn2)CC1. The molecule has 1 saturated heterocycles. The van der Waals surface area contributed by atoms with Crippen molar-refractivity contribution >= 4 is 11.7 Å². The molecule has 2 rings (SSSR count). The lowest BCUT2D eigenvalue weighted by Gasteiger charge is -2.37. The maximum atomic E-state index is 12.2. The molecule has 0 unspecified atom stereocenters. The van der Waals surface area contributed by atoms with E-state index in [9.17, 15) is 4.79 Å². The quantitative estimate of drug-likeness (QED) is 0.764. The summed E-state index contributed by atoms with van der Waals surface area (Å²) in [6.07, 6.45) is 0. The van der Waals surface area contributed by atoms with E-state index in [0.717, 1.165) is 18.9 Å². The van der Waals surface area contributed by atoms with Gasteiger partial charge >= 0.3 is 0 Å². The molecular weight excluding hydrogens is 254 g/mol. The summed E-state index contributed by atoms with van der Waals surface area (Å²) >= 11 is 0. The normalized spacial score (nSPS) is 15.9. The van der Waals surface area contributed by atoms with Crippen LogP contribution in [0.3, 0.4) is 0 Å². The number of nitrogens with zero attached hydrogens (tertiary/aromatic N) is 5. The first-order valence-electron chi connectivity index (χ1n) is 6.70. The zero-order valence-electron chi connectivity index (χ0n) is 12.1. The maximum Gasteiger partial charge on any atom is 0.228 e. The van der Waals surface area contributed by atoms with Crippen molar-refractivity contribution in [1.82, 2.24) is 15.1 Å². The zero-order valence-corrected chi connectivity index (χ0v) is 12.1. The summed E-state index contributed by atoms with van der Waals surface area (Å²) in [5.41, 5.74) is -0.0218. The molecule has 0 saturated carbocycles. The lowest BCUT2D eigenvalue weighted by molar-refractivity contribution is -0.139. The fourth-order valence-corrected chi connectivity index (χ4v) is 2.17. The van der Waals surface area contributed by atoms with Crippen molar-refractivity contribution in [2.24, 2.45) is 5.41 Å². The predicted octanol–water partition coefficient (Wildman–Crippen LogP) is 1.04. The molecule has 0 aliphatic carbocycles. The first-order chi connectivity index (χ1) is 9.41. The van der Waals surface area contributed by atoms with E-state index in [1.54, 1.807) is 12.1 Å². The number of aromatic nitrogens is 2. The number of carbonyl (C=O) groups excluding carboxylic acids is 1. The molecule has 0 spiro atoms. The van der Waals surface area contributed by atoms with Gasteiger partial charge in [-0.2, -0.15) is 5.26 Å². The second kappa shape index (κ2) is 5.45. The Bertz CT molecular complexity index is 518. The molecule has 1 aliphatic rings. The Morgan fingerprint density at radius 3 is 2.30 bits per heavy atom. The van der Waals surface area contributed by atoms with Crippen molar-refractivity contribution in [3.05, 3.63) is 17.8 Å². The molecule has 0 bridgehead atoms. The third-order valence-corrected chi connectivity index (χ3v) is 3.30. The van der Waals surface area contributed by atoms with Crippen molar-refractivity contribution in [2.75, 3.05) is 31.1 Å². The second-order valence-corrected chi connectivity index (χ2v) is 5.92. The van der Waals surface area contributed by atoms with Crippen molar-refractivity contribution in [3.8, 4) is 6.07 Å². The lowest BCUT2D eigenvalue weighted by Crippen LogP contribution is -2.51. The van der Waals surface area contributed by atoms with Crippen LogP contribution in [-0.2, 0) is 4.79 Å². The number of rotatable bonds is 1. The molecule has 1 aliphatic heterocycles. The van der Waals surface area contributed by atoms with Gasteiger partial charge in [-0.3, -0.25) is 4.79 Å². The summed E-state index contributed by atoms with van der Waals surface area (Å²) in [6, 6.07) is 5.41. The van der Waals surface area contributed by atoms with Gasteiger partial charge in [0.05, 0.1) is 0 Å². The Morgan fingerprint density at radius 1 is 1.20 bits per heavy atom. The van der Waals surface area contributed by atoms with Crippen LogP contribution in [0.1, 0.15) is 26.5 Å². The van der Waals surface area contributed by atoms with E-state index in [4.69, 9.17) is 5.26 Å². The highest BCUT2D eigenvalue weighted by Crippen LogP contribution is 2.20. The summed E-state index contributed by atoms with van der Waals surface area (Å²) in [5, 5.41) is 16.6. The van der Waals surface area contributed by atoms with Gasteiger partial charge in [-0.1, -0.05) is 20.8 Å². The summed E-state index contributed by atoms with van der Waals surface area (Å²) in [4.78, 5) is 16.2. The standard InChI is InChI=1S/C14H19N5O/c1-14(2,3)13(20)19-8-6-18(7-9-19)12-5-4-11(10-15)16-17-12/h4-5H,6-9H2,1-3H3. The largest absolute Gasteiger partial charge is 0.352 e. The summed E-state index contributed by atoms with van der Waals surface area (Å²) in [7, 11) is 0. The predicted molar refractivity (Wildman–Crippen MR) is 75.0 cm³/mol. The van der Waals surface area contributed by atoms with Gasteiger partial charge in [0.2, 0.25) is 5.91 Å². The van der Waals surface area contributed by atoms with E-state index in [1.807, 2.05) is 31.7 Å². The average Bonchev–Trinajstić information content (AvgIpc) is 2.46. The third kappa shape index (κ3) is 3.05. The smallest absolute Gasteiger partial charge is 0.228 e. The maximum absolute atomic E-state index is 12.2. The van der Waals surface area contributed by atoms with Gasteiger partial charge in [0, 0.05) is 31.6 Å². The fourth-order valence-electron chi connectivity index (χ4n) is 2.17. The van der Waals surface area contributed by atoms with E-state index in [1.165, 1.54) is 0 Å². The van der Waals surface area contributed by atoms with Crippen LogP contribution in [-0.4, -0.2) is 47.2 Å². The molecule has 20 heavy (non-hydrogen) atoms. The van der Waals surface area contributed by atoms with Gasteiger partial charge in [-0.15, -0.1) is 10.2 Å². The number of carbonyl (C=O) groups is 1. The topological polar surface area (TPSA) is 73.1 Å². The molecule has 1 aromatic rings. The van der Waals surface area contributed by atoms with Gasteiger partial charge in [-0.05, 0) is 12.1 Å². The average molecular weight is 273 g/mol. The van der Waals surface area contributed by atoms with E-state index in [0.29, 0.717) is 18.8 Å². The molecule has 0 N–H and O–H groups in total. The minimum absolute atomic E-state index is 0.183. The Hall–Kier alpha value is -2.16. The Balaban J connectivity index is 1.97. The van der Waals surface area contributed by atoms with Crippen LogP contribution in [0.4, 0.5) is 5.82 Å². The van der Waals surface area contributed by atoms with E-state index >= 15 is 0 Å². The zero-order chi connectivity index (χ0) is 14.8. The molecule has 2 heterocycles. The summed E-state index contributed by atoms with van der Waals surface area (Å²) in [5.74, 6) is 0.940. The summed E-state index contributed by atoms with van der Waals surface area (Å²) < 4.78 is 0. The number of hydrogen-bond donors (Lipinski definition) is 0. The summed E-state index contributed by atoms with van der Waals surface area (Å²) in [6.45, 7) is 8.68. The van der Waals surface area contributed by atoms with E-state index in [-0.39, 0.29) is 11.3 Å². The first kappa shape index (κ1) is 14.3. The van der Waals surface area contributed by atoms with Crippen LogP contribution < -0.4 is 4.90 Å². The van der Waals surface area contributed by atoms with Crippen LogP contribution in [0, 0.1) is 16.7 Å². The second-order valence-electron chi connectivity index (χ2n) is 5.92. The van der Waals surface area contributed by atoms with Crippen molar-refractivity contribution in [3.63, 3.8) is 0 Å². The molecule has 6 nitrogen and oxygen atoms in total. The van der Waals surface area contributed by atoms with E-state index in [2.05, 4.69) is 15.1 Å². The van der Waals surface area contributed by atoms with Crippen LogP contribution in [0.25, 0.3) is 0 Å². The van der Waals surface area contributed by atoms with Crippen LogP contribution >= 0.6 is 0 Å². The number of nitriles is 1. The Kier molecular flexibility index (Phi) is 3.89. The number of piperazine rings is 1. The van der Waals surface area contributed by atoms with Gasteiger partial charge in [0.1, 0.15) is 6.07 Å². The highest BCUT2D eigenvalue weighted by Gasteiger charge is 2.29. The molecule has 6 heteroatoms. The van der Waals surface area contributed by atoms with Gasteiger partial charge in [0.15, 0.2) is 11.5 Å². The Morgan fingerprint density at radius 2 is 1.85 bits per heavy atom. The van der Waals surface area contributed by atoms with Crippen molar-refractivity contribution < 1.29 is 4.79 Å². The highest BCUT2D eigenvalue weighted by molar-refractivity contribution is 5.81. The minimum atomic E-state index is -0.337. The molecule has 0 radical (unpaired) electrons. The van der Waals surface area contributed by atoms with Crippen LogP contribution in [0.2, 0.25) is 0 Å². The van der Waals surface area contributed by atoms with Gasteiger partial charge in [-0.25, -0.2) is 0 Å². The monoisotopic (exact) mass is 273 g/mol. The molecule has 1 fully saturated rings. The molecule has 1 aromatic heterocycles. The molecule has 0 aromatic carbocycles. The van der Waals surface area contributed by atoms with Crippen molar-refractivity contribution in [2.45, 2.75) is 20.8 Å². The molecule has 0 atom stereocenters. The van der Waals surface area contributed by atoms with Crippen LogP contribution in [0.15, 0.2) is 12.1 Å². The van der Waals surface area contributed by atoms with Gasteiger partial charge < -0.3 is 9.80 Å². The number of hydrogen-bond acceptors (Lipinski definition) is 5. The van der Waals surface area contributed by atoms with Crippen molar-refractivity contribution in [1.29, 1.82) is 5.26 Å². The first-order valence-corrected chi connectivity index (χ1v) is 6.70. The fraction of sp³-hybridized carbons (Fsp3) is 0.571. The Labute approximate surface area is 119 Å². The minimum Gasteiger partial charge on any atom is -0.352 e. The molecule has 106 valence electrons. The molecule has 1 amide bonds.